The van der Waals surface area contributed by atoms with E-state index in [0.717, 1.165) is 11.8 Å². The maximum atomic E-state index is 11.3. The summed E-state index contributed by atoms with van der Waals surface area (Å²) in [5.74, 6) is -0.115. The molecule has 17 heavy (non-hydrogen) atoms. The second kappa shape index (κ2) is 4.65. The minimum Gasteiger partial charge on any atom is -0.416 e. The standard InChI is InChI=1S/C8H11N3O4S2/c9-6(12)3-16-8-11-10-7(15-8)5-1-2-17(13,14)4-5/h5H,1-4H2,(H2,9,12)/t5-/m1/s1. The first-order valence-electron chi connectivity index (χ1n) is 4.91. The molecule has 1 amide bonds. The van der Waals surface area contributed by atoms with Crippen molar-refractivity contribution in [1.82, 2.24) is 10.2 Å². The highest BCUT2D eigenvalue weighted by atomic mass is 32.2. The molecule has 1 aliphatic heterocycles. The number of carbonyl (C=O) groups excluding carboxylic acids is 1. The third-order valence-electron chi connectivity index (χ3n) is 2.34. The minimum atomic E-state index is -2.97. The second-order valence-corrected chi connectivity index (χ2v) is 6.92. The number of hydrogen-bond donors (Lipinski definition) is 1. The van der Waals surface area contributed by atoms with E-state index in [4.69, 9.17) is 10.2 Å². The number of nitrogens with two attached hydrogens (primary N) is 1. The molecule has 2 heterocycles. The maximum Gasteiger partial charge on any atom is 0.277 e. The Bertz CT molecular complexity index is 525. The predicted octanol–water partition coefficient (Wildman–Crippen LogP) is -0.451. The van der Waals surface area contributed by atoms with E-state index >= 15 is 0 Å². The molecule has 2 N–H and O–H groups in total. The van der Waals surface area contributed by atoms with Gasteiger partial charge in [0.15, 0.2) is 9.84 Å². The Labute approximate surface area is 102 Å². The average Bonchev–Trinajstić information content (AvgIpc) is 2.81. The van der Waals surface area contributed by atoms with Crippen LogP contribution < -0.4 is 5.73 Å². The Morgan fingerprint density at radius 2 is 2.29 bits per heavy atom. The van der Waals surface area contributed by atoms with E-state index in [1.54, 1.807) is 0 Å². The van der Waals surface area contributed by atoms with Gasteiger partial charge in [-0.15, -0.1) is 10.2 Å². The highest BCUT2D eigenvalue weighted by Crippen LogP contribution is 2.29. The largest absolute Gasteiger partial charge is 0.416 e. The Morgan fingerprint density at radius 3 is 2.88 bits per heavy atom. The monoisotopic (exact) mass is 277 g/mol. The molecule has 9 heteroatoms. The molecule has 94 valence electrons. The summed E-state index contributed by atoms with van der Waals surface area (Å²) in [5, 5.41) is 7.75. The summed E-state index contributed by atoms with van der Waals surface area (Å²) in [6.07, 6.45) is 0.504. The molecule has 0 saturated carbocycles. The number of carbonyl (C=O) groups is 1. The van der Waals surface area contributed by atoms with E-state index < -0.39 is 15.7 Å². The Balaban J connectivity index is 2.01. The van der Waals surface area contributed by atoms with Crippen LogP contribution in [0.3, 0.4) is 0 Å². The molecule has 2 rings (SSSR count). The first-order chi connectivity index (χ1) is 7.96. The van der Waals surface area contributed by atoms with Crippen LogP contribution in [0, 0.1) is 0 Å². The van der Waals surface area contributed by atoms with Gasteiger partial charge in [0.25, 0.3) is 5.22 Å². The summed E-state index contributed by atoms with van der Waals surface area (Å²) in [4.78, 5) is 10.6. The number of amides is 1. The molecule has 1 aliphatic rings. The molecule has 0 spiro atoms. The SMILES string of the molecule is NC(=O)CSc1nnc([C@@H]2CCS(=O)(=O)C2)o1. The van der Waals surface area contributed by atoms with Gasteiger partial charge in [0, 0.05) is 0 Å². The molecule has 0 aromatic carbocycles. The van der Waals surface area contributed by atoms with Crippen molar-refractivity contribution in [2.75, 3.05) is 17.3 Å². The molecular formula is C8H11N3O4S2. The lowest BCUT2D eigenvalue weighted by atomic mass is 10.1. The predicted molar refractivity (Wildman–Crippen MR) is 60.2 cm³/mol. The highest BCUT2D eigenvalue weighted by Gasteiger charge is 2.32. The average molecular weight is 277 g/mol. The smallest absolute Gasteiger partial charge is 0.277 e. The second-order valence-electron chi connectivity index (χ2n) is 3.76. The molecule has 1 aromatic rings. The number of nitrogens with zero attached hydrogens (tertiary/aromatic N) is 2. The van der Waals surface area contributed by atoms with E-state index in [2.05, 4.69) is 10.2 Å². The fraction of sp³-hybridized carbons (Fsp3) is 0.625. The summed E-state index contributed by atoms with van der Waals surface area (Å²) in [5.41, 5.74) is 4.98. The van der Waals surface area contributed by atoms with Crippen molar-refractivity contribution in [3.63, 3.8) is 0 Å². The van der Waals surface area contributed by atoms with E-state index in [1.165, 1.54) is 0 Å². The van der Waals surface area contributed by atoms with Gasteiger partial charge in [-0.25, -0.2) is 8.42 Å². The lowest BCUT2D eigenvalue weighted by Crippen LogP contribution is -2.12. The molecule has 0 aliphatic carbocycles. The lowest BCUT2D eigenvalue weighted by Gasteiger charge is -1.98. The third kappa shape index (κ3) is 3.19. The van der Waals surface area contributed by atoms with Crippen molar-refractivity contribution in [2.24, 2.45) is 5.73 Å². The van der Waals surface area contributed by atoms with Crippen LogP contribution in [-0.4, -0.2) is 41.8 Å². The van der Waals surface area contributed by atoms with Crippen LogP contribution in [0.2, 0.25) is 0 Å². The normalized spacial score (nSPS) is 22.7. The zero-order chi connectivity index (χ0) is 12.5. The molecule has 0 bridgehead atoms. The summed E-state index contributed by atoms with van der Waals surface area (Å²) in [6.45, 7) is 0. The summed E-state index contributed by atoms with van der Waals surface area (Å²) >= 11 is 1.04. The Morgan fingerprint density at radius 1 is 1.53 bits per heavy atom. The van der Waals surface area contributed by atoms with Crippen LogP contribution in [0.4, 0.5) is 0 Å². The van der Waals surface area contributed by atoms with Crippen molar-refractivity contribution in [3.05, 3.63) is 5.89 Å². The summed E-state index contributed by atoms with van der Waals surface area (Å²) in [7, 11) is -2.97. The van der Waals surface area contributed by atoms with E-state index in [0.29, 0.717) is 12.3 Å². The van der Waals surface area contributed by atoms with Gasteiger partial charge in [0.05, 0.1) is 23.2 Å². The van der Waals surface area contributed by atoms with Gasteiger partial charge in [0.1, 0.15) is 0 Å². The van der Waals surface area contributed by atoms with E-state index in [-0.39, 0.29) is 28.4 Å². The Hall–Kier alpha value is -1.09. The highest BCUT2D eigenvalue weighted by molar-refractivity contribution is 7.99. The Kier molecular flexibility index (Phi) is 3.38. The van der Waals surface area contributed by atoms with Gasteiger partial charge in [-0.3, -0.25) is 4.79 Å². The van der Waals surface area contributed by atoms with Gasteiger partial charge in [-0.2, -0.15) is 0 Å². The third-order valence-corrected chi connectivity index (χ3v) is 4.95. The summed E-state index contributed by atoms with van der Waals surface area (Å²) in [6, 6.07) is 0. The summed E-state index contributed by atoms with van der Waals surface area (Å²) < 4.78 is 27.8. The molecule has 1 aromatic heterocycles. The first kappa shape index (κ1) is 12.4. The topological polar surface area (TPSA) is 116 Å². The molecular weight excluding hydrogens is 266 g/mol. The fourth-order valence-corrected chi connectivity index (χ4v) is 3.81. The zero-order valence-electron chi connectivity index (χ0n) is 8.83. The maximum absolute atomic E-state index is 11.3. The lowest BCUT2D eigenvalue weighted by molar-refractivity contribution is -0.115. The van der Waals surface area contributed by atoms with Crippen LogP contribution in [-0.2, 0) is 14.6 Å². The molecule has 0 radical (unpaired) electrons. The van der Waals surface area contributed by atoms with Gasteiger partial charge < -0.3 is 10.2 Å². The van der Waals surface area contributed by atoms with Gasteiger partial charge in [-0.05, 0) is 6.42 Å². The van der Waals surface area contributed by atoms with Gasteiger partial charge in [-0.1, -0.05) is 11.8 Å². The van der Waals surface area contributed by atoms with Crippen molar-refractivity contribution in [3.8, 4) is 0 Å². The zero-order valence-corrected chi connectivity index (χ0v) is 10.5. The van der Waals surface area contributed by atoms with Crippen molar-refractivity contribution in [2.45, 2.75) is 17.6 Å². The number of thioether (sulfide) groups is 1. The molecule has 1 atom stereocenters. The van der Waals surface area contributed by atoms with Crippen LogP contribution in [0.1, 0.15) is 18.2 Å². The minimum absolute atomic E-state index is 0.0507. The molecule has 1 fully saturated rings. The van der Waals surface area contributed by atoms with Crippen molar-refractivity contribution >= 4 is 27.5 Å². The number of primary amides is 1. The number of aromatic nitrogens is 2. The van der Waals surface area contributed by atoms with Crippen LogP contribution in [0.5, 0.6) is 0 Å². The molecule has 7 nitrogen and oxygen atoms in total. The number of sulfone groups is 1. The van der Waals surface area contributed by atoms with Crippen LogP contribution >= 0.6 is 11.8 Å². The van der Waals surface area contributed by atoms with Crippen molar-refractivity contribution in [1.29, 1.82) is 0 Å². The molecule has 0 unspecified atom stereocenters. The van der Waals surface area contributed by atoms with Crippen molar-refractivity contribution < 1.29 is 17.6 Å². The van der Waals surface area contributed by atoms with E-state index in [1.807, 2.05) is 0 Å². The van der Waals surface area contributed by atoms with Crippen LogP contribution in [0.15, 0.2) is 9.64 Å². The molecule has 1 saturated heterocycles. The van der Waals surface area contributed by atoms with E-state index in [9.17, 15) is 13.2 Å². The van der Waals surface area contributed by atoms with Gasteiger partial charge in [0.2, 0.25) is 11.8 Å². The quantitative estimate of drug-likeness (QED) is 0.741. The first-order valence-corrected chi connectivity index (χ1v) is 7.72. The number of hydrogen-bond acceptors (Lipinski definition) is 7. The fourth-order valence-electron chi connectivity index (χ4n) is 1.57. The van der Waals surface area contributed by atoms with Gasteiger partial charge >= 0.3 is 0 Å². The van der Waals surface area contributed by atoms with Crippen LogP contribution in [0.25, 0.3) is 0 Å². The number of rotatable bonds is 4.